The Morgan fingerprint density at radius 1 is 0.587 bits per heavy atom. The molecule has 0 bridgehead atoms. The Balaban J connectivity index is 1.36. The summed E-state index contributed by atoms with van der Waals surface area (Å²) < 4.78 is 26.0. The predicted molar refractivity (Wildman–Crippen MR) is 186 cm³/mol. The van der Waals surface area contributed by atoms with Crippen molar-refractivity contribution in [2.24, 2.45) is 0 Å². The van der Waals surface area contributed by atoms with Crippen molar-refractivity contribution < 1.29 is 23.7 Å². The molecule has 6 rings (SSSR count). The number of carbonyl (C=O) groups excluding carboxylic acids is 1. The van der Waals surface area contributed by atoms with Crippen LogP contribution in [0.15, 0.2) is 152 Å². The molecule has 5 aromatic rings. The Morgan fingerprint density at radius 3 is 1.63 bits per heavy atom. The number of esters is 1. The fourth-order valence-electron chi connectivity index (χ4n) is 5.25. The molecule has 5 nitrogen and oxygen atoms in total. The van der Waals surface area contributed by atoms with E-state index < -0.39 is 18.4 Å². The van der Waals surface area contributed by atoms with Crippen molar-refractivity contribution in [2.75, 3.05) is 6.61 Å². The van der Waals surface area contributed by atoms with Crippen LogP contribution in [0.3, 0.4) is 0 Å². The van der Waals surface area contributed by atoms with Crippen molar-refractivity contribution in [1.82, 2.24) is 0 Å². The molecule has 1 fully saturated rings. The fourth-order valence-corrected chi connectivity index (χ4v) is 8.32. The maximum Gasteiger partial charge on any atom is 0.338 e. The lowest BCUT2D eigenvalue weighted by atomic mass is 10.0. The quantitative estimate of drug-likeness (QED) is 0.118. The highest BCUT2D eigenvalue weighted by Crippen LogP contribution is 2.42. The minimum Gasteiger partial charge on any atom is -0.491 e. The summed E-state index contributed by atoms with van der Waals surface area (Å²) in [4.78, 5) is 13.6. The van der Waals surface area contributed by atoms with Gasteiger partial charge in [0.25, 0.3) is 0 Å². The number of ether oxygens (including phenoxy) is 4. The van der Waals surface area contributed by atoms with Crippen LogP contribution in [0.5, 0.6) is 11.5 Å². The Morgan fingerprint density at radius 2 is 1.07 bits per heavy atom. The molecule has 234 valence electrons. The van der Waals surface area contributed by atoms with Crippen LogP contribution in [-0.4, -0.2) is 41.6 Å². The van der Waals surface area contributed by atoms with E-state index in [2.05, 4.69) is 36.4 Å². The van der Waals surface area contributed by atoms with E-state index in [-0.39, 0.29) is 16.6 Å². The van der Waals surface area contributed by atoms with Crippen molar-refractivity contribution in [3.05, 3.63) is 168 Å². The molecular weight excluding hydrogens is 613 g/mol. The number of thioether (sulfide) groups is 2. The number of hydrogen-bond donors (Lipinski definition) is 0. The number of rotatable bonds is 13. The number of carbonyl (C=O) groups is 1. The Hall–Kier alpha value is -4.17. The first-order chi connectivity index (χ1) is 22.7. The summed E-state index contributed by atoms with van der Waals surface area (Å²) in [6.07, 6.45) is -1.92. The van der Waals surface area contributed by atoms with E-state index in [1.54, 1.807) is 35.7 Å². The third kappa shape index (κ3) is 8.75. The third-order valence-corrected chi connectivity index (χ3v) is 10.7. The van der Waals surface area contributed by atoms with Crippen molar-refractivity contribution in [3.63, 3.8) is 0 Å². The van der Waals surface area contributed by atoms with Crippen molar-refractivity contribution in [1.29, 1.82) is 0 Å². The van der Waals surface area contributed by atoms with Gasteiger partial charge in [-0.2, -0.15) is 0 Å². The summed E-state index contributed by atoms with van der Waals surface area (Å²) in [5, 5.41) is -0.282. The molecule has 0 aromatic heterocycles. The second kappa shape index (κ2) is 16.4. The normalized spacial score (nSPS) is 20.8. The Labute approximate surface area is 279 Å². The second-order valence-electron chi connectivity index (χ2n) is 10.9. The molecule has 5 atom stereocenters. The van der Waals surface area contributed by atoms with Gasteiger partial charge in [-0.25, -0.2) is 4.79 Å². The van der Waals surface area contributed by atoms with Gasteiger partial charge in [-0.15, -0.1) is 23.5 Å². The summed E-state index contributed by atoms with van der Waals surface area (Å²) in [5.74, 6) is 2.50. The highest BCUT2D eigenvalue weighted by Gasteiger charge is 2.50. The van der Waals surface area contributed by atoms with Crippen LogP contribution in [0.1, 0.15) is 21.5 Å². The Bertz CT molecular complexity index is 1610. The number of benzene rings is 5. The molecule has 1 saturated heterocycles. The molecule has 1 heterocycles. The van der Waals surface area contributed by atoms with Gasteiger partial charge in [0, 0.05) is 11.5 Å². The average Bonchev–Trinajstić information content (AvgIpc) is 3.12. The van der Waals surface area contributed by atoms with E-state index in [0.717, 1.165) is 17.3 Å². The summed E-state index contributed by atoms with van der Waals surface area (Å²) in [6, 6.07) is 49.2. The first-order valence-electron chi connectivity index (χ1n) is 15.3. The smallest absolute Gasteiger partial charge is 0.338 e. The highest BCUT2D eigenvalue weighted by atomic mass is 32.2. The van der Waals surface area contributed by atoms with Gasteiger partial charge in [-0.3, -0.25) is 0 Å². The minimum absolute atomic E-state index is 0.0955. The van der Waals surface area contributed by atoms with Gasteiger partial charge in [0.2, 0.25) is 6.29 Å². The molecule has 46 heavy (non-hydrogen) atoms. The van der Waals surface area contributed by atoms with Crippen LogP contribution in [0.25, 0.3) is 0 Å². The van der Waals surface area contributed by atoms with E-state index in [1.807, 2.05) is 103 Å². The zero-order chi connectivity index (χ0) is 31.4. The topological polar surface area (TPSA) is 54.0 Å². The highest BCUT2D eigenvalue weighted by molar-refractivity contribution is 8.03. The molecule has 0 spiro atoms. The third-order valence-electron chi connectivity index (χ3n) is 7.57. The maximum atomic E-state index is 13.6. The molecule has 0 radical (unpaired) electrons. The predicted octanol–water partition coefficient (Wildman–Crippen LogP) is 8.70. The van der Waals surface area contributed by atoms with Gasteiger partial charge < -0.3 is 18.9 Å². The molecule has 1 aliphatic rings. The summed E-state index contributed by atoms with van der Waals surface area (Å²) in [6.45, 7) is 0.312. The summed E-state index contributed by atoms with van der Waals surface area (Å²) in [7, 11) is 0. The van der Waals surface area contributed by atoms with Crippen LogP contribution in [0, 0.1) is 0 Å². The van der Waals surface area contributed by atoms with E-state index in [9.17, 15) is 4.79 Å². The van der Waals surface area contributed by atoms with Gasteiger partial charge in [0.1, 0.15) is 24.2 Å². The molecule has 0 saturated carbocycles. The first kappa shape index (κ1) is 31.8. The first-order valence-corrected chi connectivity index (χ1v) is 17.4. The average molecular weight is 649 g/mol. The van der Waals surface area contributed by atoms with Crippen LogP contribution in [0.4, 0.5) is 0 Å². The van der Waals surface area contributed by atoms with Gasteiger partial charge in [0.05, 0.1) is 16.1 Å². The molecule has 0 aliphatic carbocycles. The molecule has 1 aliphatic heterocycles. The second-order valence-corrected chi connectivity index (χ2v) is 13.2. The largest absolute Gasteiger partial charge is 0.491 e. The monoisotopic (exact) mass is 648 g/mol. The maximum absolute atomic E-state index is 13.6. The van der Waals surface area contributed by atoms with Crippen molar-refractivity contribution in [2.45, 2.75) is 40.5 Å². The summed E-state index contributed by atoms with van der Waals surface area (Å²) in [5.41, 5.74) is 2.88. The van der Waals surface area contributed by atoms with Crippen molar-refractivity contribution in [3.8, 4) is 11.5 Å². The van der Waals surface area contributed by atoms with Crippen LogP contribution in [0.2, 0.25) is 0 Å². The Kier molecular flexibility index (Phi) is 11.3. The van der Waals surface area contributed by atoms with E-state index in [1.165, 1.54) is 11.1 Å². The lowest BCUT2D eigenvalue weighted by Crippen LogP contribution is -2.59. The number of para-hydroxylation sites is 2. The van der Waals surface area contributed by atoms with E-state index >= 15 is 0 Å². The molecule has 7 heteroatoms. The lowest BCUT2D eigenvalue weighted by molar-refractivity contribution is -0.202. The van der Waals surface area contributed by atoms with Gasteiger partial charge in [-0.1, -0.05) is 115 Å². The molecule has 0 unspecified atom stereocenters. The SMILES string of the molecule is O=C(O[C@H]1[C@@H](Oc2ccccc2)O[C@H](COc2ccccc2)[C@H](SCc2ccccc2)[C@H]1SCc1ccccc1)c1ccccc1. The van der Waals surface area contributed by atoms with Crippen LogP contribution >= 0.6 is 23.5 Å². The van der Waals surface area contributed by atoms with Gasteiger partial charge in [-0.05, 0) is 47.5 Å². The zero-order valence-electron chi connectivity index (χ0n) is 25.3. The molecule has 5 aromatic carbocycles. The van der Waals surface area contributed by atoms with E-state index in [4.69, 9.17) is 18.9 Å². The van der Waals surface area contributed by atoms with Gasteiger partial charge >= 0.3 is 5.97 Å². The zero-order valence-corrected chi connectivity index (χ0v) is 26.9. The standard InChI is InChI=1S/C39H36O5S2/c40-38(31-20-10-3-11-21-31)44-35-37(46-28-30-18-8-2-9-19-30)36(45-27-29-16-6-1-7-17-29)34(26-41-32-22-12-4-13-23-32)43-39(35)42-33-24-14-5-15-25-33/h1-25,34-37,39H,26-28H2/t34-,35-,36+,37+,39+/m1/s1. The van der Waals surface area contributed by atoms with Gasteiger partial charge in [0.15, 0.2) is 6.10 Å². The van der Waals surface area contributed by atoms with Crippen LogP contribution in [-0.2, 0) is 21.0 Å². The molecular formula is C39H36O5S2. The van der Waals surface area contributed by atoms with E-state index in [0.29, 0.717) is 17.9 Å². The summed E-state index contributed by atoms with van der Waals surface area (Å²) >= 11 is 3.56. The lowest BCUT2D eigenvalue weighted by Gasteiger charge is -2.45. The number of hydrogen-bond acceptors (Lipinski definition) is 7. The van der Waals surface area contributed by atoms with Crippen molar-refractivity contribution >= 4 is 29.5 Å². The fraction of sp³-hybridized carbons (Fsp3) is 0.205. The molecule has 0 N–H and O–H groups in total. The van der Waals surface area contributed by atoms with Crippen LogP contribution < -0.4 is 9.47 Å². The minimum atomic E-state index is -0.860. The molecule has 0 amide bonds.